The lowest BCUT2D eigenvalue weighted by Gasteiger charge is -2.03. The zero-order chi connectivity index (χ0) is 9.47. The first kappa shape index (κ1) is 8.16. The van der Waals surface area contributed by atoms with E-state index in [4.69, 9.17) is 0 Å². The van der Waals surface area contributed by atoms with Crippen molar-refractivity contribution in [3.8, 4) is 0 Å². The minimum Gasteiger partial charge on any atom is -0.307 e. The molecule has 13 heavy (non-hydrogen) atoms. The number of pyridine rings is 1. The Balaban J connectivity index is 2.63. The van der Waals surface area contributed by atoms with Crippen LogP contribution in [0, 0.1) is 0 Å². The lowest BCUT2D eigenvalue weighted by atomic mass is 10.3. The van der Waals surface area contributed by atoms with E-state index in [1.165, 1.54) is 6.20 Å². The summed E-state index contributed by atoms with van der Waals surface area (Å²) in [4.78, 5) is 3.80. The zero-order valence-corrected chi connectivity index (χ0v) is 7.04. The third-order valence-corrected chi connectivity index (χ3v) is 1.81. The van der Waals surface area contributed by atoms with Crippen molar-refractivity contribution in [2.75, 3.05) is 0 Å². The molecule has 2 aromatic rings. The van der Waals surface area contributed by atoms with Gasteiger partial charge >= 0.3 is 0 Å². The fraction of sp³-hybridized carbons (Fsp3) is 0.222. The van der Waals surface area contributed by atoms with Crippen molar-refractivity contribution in [1.29, 1.82) is 0 Å². The highest BCUT2D eigenvalue weighted by Crippen LogP contribution is 2.25. The highest BCUT2D eigenvalue weighted by atomic mass is 19.3. The highest BCUT2D eigenvalue weighted by Gasteiger charge is 2.27. The van der Waals surface area contributed by atoms with Crippen LogP contribution < -0.4 is 0 Å². The number of fused-ring (bicyclic) bond motifs is 1. The summed E-state index contributed by atoms with van der Waals surface area (Å²) in [6.45, 7) is 0.842. The summed E-state index contributed by atoms with van der Waals surface area (Å²) in [5, 5.41) is 0. The van der Waals surface area contributed by atoms with E-state index in [0.717, 1.165) is 6.92 Å². The number of nitrogens with zero attached hydrogens (tertiary/aromatic N) is 2. The maximum atomic E-state index is 12.8. The summed E-state index contributed by atoms with van der Waals surface area (Å²) in [7, 11) is 0. The minimum atomic E-state index is -2.87. The predicted molar refractivity (Wildman–Crippen MR) is 44.8 cm³/mol. The number of imidazole rings is 1. The van der Waals surface area contributed by atoms with Crippen molar-refractivity contribution in [3.63, 3.8) is 0 Å². The number of hydrogen-bond acceptors (Lipinski definition) is 1. The molecule has 0 aliphatic carbocycles. The van der Waals surface area contributed by atoms with E-state index >= 15 is 0 Å². The fourth-order valence-electron chi connectivity index (χ4n) is 1.15. The van der Waals surface area contributed by atoms with Gasteiger partial charge < -0.3 is 4.40 Å². The average Bonchev–Trinajstić information content (AvgIpc) is 2.45. The van der Waals surface area contributed by atoms with Gasteiger partial charge in [0.2, 0.25) is 0 Å². The SMILES string of the molecule is CC(F)(F)c1cn2ccccc2n1. The molecule has 2 heterocycles. The first-order valence-corrected chi connectivity index (χ1v) is 3.89. The van der Waals surface area contributed by atoms with Gasteiger partial charge in [0.15, 0.2) is 0 Å². The van der Waals surface area contributed by atoms with Gasteiger partial charge in [0.25, 0.3) is 5.92 Å². The van der Waals surface area contributed by atoms with Crippen LogP contribution in [0.2, 0.25) is 0 Å². The van der Waals surface area contributed by atoms with Gasteiger partial charge in [-0.2, -0.15) is 8.78 Å². The summed E-state index contributed by atoms with van der Waals surface area (Å²) < 4.78 is 27.2. The molecule has 0 amide bonds. The Morgan fingerprint density at radius 1 is 1.38 bits per heavy atom. The molecule has 0 aliphatic rings. The van der Waals surface area contributed by atoms with Crippen LogP contribution >= 0.6 is 0 Å². The molecule has 68 valence electrons. The second-order valence-electron chi connectivity index (χ2n) is 2.98. The second kappa shape index (κ2) is 2.52. The summed E-state index contributed by atoms with van der Waals surface area (Å²) in [6, 6.07) is 5.22. The molecule has 0 aliphatic heterocycles. The normalized spacial score (nSPS) is 12.2. The van der Waals surface area contributed by atoms with E-state index in [1.807, 2.05) is 0 Å². The maximum Gasteiger partial charge on any atom is 0.288 e. The number of hydrogen-bond donors (Lipinski definition) is 0. The van der Waals surface area contributed by atoms with Crippen molar-refractivity contribution in [1.82, 2.24) is 9.38 Å². The predicted octanol–water partition coefficient (Wildman–Crippen LogP) is 2.45. The van der Waals surface area contributed by atoms with Crippen LogP contribution in [0.4, 0.5) is 8.78 Å². The van der Waals surface area contributed by atoms with Gasteiger partial charge in [-0.25, -0.2) is 4.98 Å². The lowest BCUT2D eigenvalue weighted by Crippen LogP contribution is -2.06. The average molecular weight is 182 g/mol. The molecule has 0 spiro atoms. The molecule has 0 fully saturated rings. The van der Waals surface area contributed by atoms with Crippen molar-refractivity contribution in [3.05, 3.63) is 36.3 Å². The van der Waals surface area contributed by atoms with E-state index in [9.17, 15) is 8.78 Å². The monoisotopic (exact) mass is 182 g/mol. The van der Waals surface area contributed by atoms with Crippen LogP contribution in [0.3, 0.4) is 0 Å². The van der Waals surface area contributed by atoms with Crippen molar-refractivity contribution in [2.24, 2.45) is 0 Å². The second-order valence-corrected chi connectivity index (χ2v) is 2.98. The first-order chi connectivity index (χ1) is 6.07. The van der Waals surface area contributed by atoms with E-state index < -0.39 is 5.92 Å². The molecule has 2 nitrogen and oxygen atoms in total. The van der Waals surface area contributed by atoms with Gasteiger partial charge in [-0.05, 0) is 12.1 Å². The van der Waals surface area contributed by atoms with E-state index in [1.54, 1.807) is 28.8 Å². The van der Waals surface area contributed by atoms with Crippen LogP contribution in [-0.2, 0) is 5.92 Å². The summed E-state index contributed by atoms with van der Waals surface area (Å²) >= 11 is 0. The molecule has 0 radical (unpaired) electrons. The van der Waals surface area contributed by atoms with Gasteiger partial charge in [-0.15, -0.1) is 0 Å². The largest absolute Gasteiger partial charge is 0.307 e. The van der Waals surface area contributed by atoms with Crippen LogP contribution in [0.15, 0.2) is 30.6 Å². The number of rotatable bonds is 1. The molecule has 0 bridgehead atoms. The molecular weight excluding hydrogens is 174 g/mol. The molecule has 2 aromatic heterocycles. The number of halogens is 2. The van der Waals surface area contributed by atoms with E-state index in [-0.39, 0.29) is 5.69 Å². The van der Waals surface area contributed by atoms with Gasteiger partial charge in [0.05, 0.1) is 0 Å². The summed E-state index contributed by atoms with van der Waals surface area (Å²) in [6.07, 6.45) is 3.03. The minimum absolute atomic E-state index is 0.196. The van der Waals surface area contributed by atoms with Crippen molar-refractivity contribution >= 4 is 5.65 Å². The molecule has 0 aromatic carbocycles. The molecule has 0 saturated heterocycles. The maximum absolute atomic E-state index is 12.8. The van der Waals surface area contributed by atoms with Crippen LogP contribution in [0.25, 0.3) is 5.65 Å². The lowest BCUT2D eigenvalue weighted by molar-refractivity contribution is 0.0133. The fourth-order valence-corrected chi connectivity index (χ4v) is 1.15. The van der Waals surface area contributed by atoms with Gasteiger partial charge in [0.1, 0.15) is 11.3 Å². The molecule has 0 saturated carbocycles. The Hall–Kier alpha value is -1.45. The topological polar surface area (TPSA) is 17.3 Å². The molecule has 0 N–H and O–H groups in total. The highest BCUT2D eigenvalue weighted by molar-refractivity contribution is 5.40. The van der Waals surface area contributed by atoms with Crippen LogP contribution in [0.1, 0.15) is 12.6 Å². The number of aromatic nitrogens is 2. The zero-order valence-electron chi connectivity index (χ0n) is 7.04. The Kier molecular flexibility index (Phi) is 1.58. The number of alkyl halides is 2. The molecule has 2 rings (SSSR count). The first-order valence-electron chi connectivity index (χ1n) is 3.89. The third kappa shape index (κ3) is 1.39. The Labute approximate surface area is 73.8 Å². The van der Waals surface area contributed by atoms with Gasteiger partial charge in [0, 0.05) is 19.3 Å². The summed E-state index contributed by atoms with van der Waals surface area (Å²) in [5.74, 6) is -2.87. The molecule has 0 unspecified atom stereocenters. The molecule has 0 atom stereocenters. The van der Waals surface area contributed by atoms with Gasteiger partial charge in [-0.3, -0.25) is 0 Å². The smallest absolute Gasteiger partial charge is 0.288 e. The standard InChI is InChI=1S/C9H8F2N2/c1-9(10,11)7-6-13-5-3-2-4-8(13)12-7/h2-6H,1H3. The van der Waals surface area contributed by atoms with E-state index in [0.29, 0.717) is 5.65 Å². The Morgan fingerprint density at radius 2 is 2.15 bits per heavy atom. The van der Waals surface area contributed by atoms with Crippen molar-refractivity contribution in [2.45, 2.75) is 12.8 Å². The quantitative estimate of drug-likeness (QED) is 0.662. The Bertz CT molecular complexity index is 395. The van der Waals surface area contributed by atoms with E-state index in [2.05, 4.69) is 4.98 Å². The van der Waals surface area contributed by atoms with Crippen molar-refractivity contribution < 1.29 is 8.78 Å². The molecule has 4 heteroatoms. The van der Waals surface area contributed by atoms with Crippen LogP contribution in [-0.4, -0.2) is 9.38 Å². The van der Waals surface area contributed by atoms with Crippen LogP contribution in [0.5, 0.6) is 0 Å². The summed E-state index contributed by atoms with van der Waals surface area (Å²) in [5.41, 5.74) is 0.345. The van der Waals surface area contributed by atoms with Gasteiger partial charge in [-0.1, -0.05) is 6.07 Å². The molecular formula is C9H8F2N2. The Morgan fingerprint density at radius 3 is 2.77 bits per heavy atom. The third-order valence-electron chi connectivity index (χ3n) is 1.81.